The first kappa shape index (κ1) is 21.2. The maximum absolute atomic E-state index is 12.3. The summed E-state index contributed by atoms with van der Waals surface area (Å²) < 4.78 is 28.3. The van der Waals surface area contributed by atoms with Crippen LogP contribution in [0, 0.1) is 41.1 Å². The highest BCUT2D eigenvalue weighted by Gasteiger charge is 2.59. The van der Waals surface area contributed by atoms with Gasteiger partial charge in [-0.3, -0.25) is 4.57 Å². The topological polar surface area (TPSA) is 59.6 Å². The summed E-state index contributed by atoms with van der Waals surface area (Å²) in [6, 6.07) is 0. The third-order valence-corrected chi connectivity index (χ3v) is 10.9. The molecule has 0 amide bonds. The van der Waals surface area contributed by atoms with Crippen molar-refractivity contribution in [2.75, 3.05) is 19.3 Å². The fourth-order valence-corrected chi connectivity index (χ4v) is 8.88. The van der Waals surface area contributed by atoms with Crippen molar-refractivity contribution in [1.82, 2.24) is 13.9 Å². The Labute approximate surface area is 186 Å². The van der Waals surface area contributed by atoms with Crippen molar-refractivity contribution in [2.24, 2.45) is 34.5 Å². The first-order valence-electron chi connectivity index (χ1n) is 11.7. The van der Waals surface area contributed by atoms with Gasteiger partial charge in [-0.2, -0.15) is 0 Å². The minimum atomic E-state index is -3.13. The van der Waals surface area contributed by atoms with Gasteiger partial charge in [0.25, 0.3) is 5.82 Å². The Morgan fingerprint density at radius 3 is 2.74 bits per heavy atom. The highest BCUT2D eigenvalue weighted by Crippen LogP contribution is 2.66. The zero-order valence-electron chi connectivity index (χ0n) is 18.9. The van der Waals surface area contributed by atoms with Gasteiger partial charge in [-0.05, 0) is 80.1 Å². The van der Waals surface area contributed by atoms with Gasteiger partial charge in [-0.15, -0.1) is 0 Å². The second-order valence-corrected chi connectivity index (χ2v) is 12.9. The molecule has 1 unspecified atom stereocenters. The number of sulfonamides is 1. The van der Waals surface area contributed by atoms with Gasteiger partial charge >= 0.3 is 0 Å². The largest absolute Gasteiger partial charge is 0.362 e. The molecule has 0 aromatic carbocycles. The van der Waals surface area contributed by atoms with Crippen molar-refractivity contribution < 1.29 is 8.42 Å². The molecule has 1 aromatic rings. The number of rotatable bonds is 2. The molecular formula is C24H34N4O2S. The van der Waals surface area contributed by atoms with Crippen LogP contribution in [-0.4, -0.2) is 41.6 Å². The van der Waals surface area contributed by atoms with E-state index in [1.807, 2.05) is 10.9 Å². The third kappa shape index (κ3) is 3.13. The van der Waals surface area contributed by atoms with E-state index in [2.05, 4.69) is 29.8 Å². The number of nitrogens with zero attached hydrogens (tertiary/aromatic N) is 4. The number of allylic oxidation sites excluding steroid dienone is 2. The maximum atomic E-state index is 12.3. The zero-order chi connectivity index (χ0) is 22.0. The average Bonchev–Trinajstić information content (AvgIpc) is 3.26. The third-order valence-electron chi connectivity index (χ3n) is 9.61. The summed E-state index contributed by atoms with van der Waals surface area (Å²) in [6.07, 6.45) is 15.1. The number of imidazole rings is 1. The number of hydrogen-bond donors (Lipinski definition) is 0. The summed E-state index contributed by atoms with van der Waals surface area (Å²) in [5, 5.41) is 0. The van der Waals surface area contributed by atoms with Crippen molar-refractivity contribution in [3.63, 3.8) is 0 Å². The Morgan fingerprint density at radius 1 is 1.19 bits per heavy atom. The van der Waals surface area contributed by atoms with Crippen LogP contribution >= 0.6 is 0 Å². The van der Waals surface area contributed by atoms with Crippen LogP contribution in [-0.2, 0) is 10.0 Å². The molecule has 7 heteroatoms. The minimum absolute atomic E-state index is 0.0913. The molecule has 31 heavy (non-hydrogen) atoms. The fourth-order valence-electron chi connectivity index (χ4n) is 7.97. The second kappa shape index (κ2) is 7.18. The SMILES string of the molecule is [C-]#[N+]c1cncn1C1=CC[C@H]2[C@@H]3CCC4CN(S(C)(=O)=O)CCC[C@]4(C)[C@H]3CC[C@]12C. The quantitative estimate of drug-likeness (QED) is 0.618. The van der Waals surface area contributed by atoms with Gasteiger partial charge in [0.05, 0.1) is 18.1 Å². The molecule has 1 aromatic heterocycles. The zero-order valence-corrected chi connectivity index (χ0v) is 19.7. The molecule has 4 aliphatic rings. The first-order valence-corrected chi connectivity index (χ1v) is 13.6. The molecular weight excluding hydrogens is 408 g/mol. The maximum Gasteiger partial charge on any atom is 0.254 e. The summed E-state index contributed by atoms with van der Waals surface area (Å²) >= 11 is 0. The first-order chi connectivity index (χ1) is 14.7. The molecule has 0 spiro atoms. The Hall–Kier alpha value is -1.65. The van der Waals surface area contributed by atoms with E-state index in [1.165, 1.54) is 24.8 Å². The summed E-state index contributed by atoms with van der Waals surface area (Å²) in [7, 11) is -3.13. The van der Waals surface area contributed by atoms with E-state index in [0.717, 1.165) is 32.1 Å². The highest BCUT2D eigenvalue weighted by atomic mass is 32.2. The summed E-state index contributed by atoms with van der Waals surface area (Å²) in [6.45, 7) is 13.8. The van der Waals surface area contributed by atoms with Crippen LogP contribution < -0.4 is 0 Å². The molecule has 2 heterocycles. The summed E-state index contributed by atoms with van der Waals surface area (Å²) in [5.74, 6) is 3.02. The van der Waals surface area contributed by atoms with Gasteiger partial charge in [0.15, 0.2) is 6.33 Å². The number of fused-ring (bicyclic) bond motifs is 5. The van der Waals surface area contributed by atoms with Crippen molar-refractivity contribution in [1.29, 1.82) is 0 Å². The molecule has 1 aliphatic heterocycles. The van der Waals surface area contributed by atoms with Gasteiger partial charge in [0.2, 0.25) is 10.0 Å². The van der Waals surface area contributed by atoms with Crippen LogP contribution in [0.1, 0.15) is 58.8 Å². The van der Waals surface area contributed by atoms with Gasteiger partial charge in [-0.25, -0.2) is 17.7 Å². The van der Waals surface area contributed by atoms with Gasteiger partial charge < -0.3 is 4.85 Å². The van der Waals surface area contributed by atoms with Crippen LogP contribution in [0.25, 0.3) is 10.5 Å². The monoisotopic (exact) mass is 442 g/mol. The molecule has 1 saturated heterocycles. The molecule has 0 bridgehead atoms. The van der Waals surface area contributed by atoms with Gasteiger partial charge in [0.1, 0.15) is 0 Å². The lowest BCUT2D eigenvalue weighted by atomic mass is 9.47. The lowest BCUT2D eigenvalue weighted by Crippen LogP contribution is -2.52. The van der Waals surface area contributed by atoms with E-state index in [9.17, 15) is 8.42 Å². The van der Waals surface area contributed by atoms with Crippen LogP contribution in [0.5, 0.6) is 0 Å². The van der Waals surface area contributed by atoms with Crippen molar-refractivity contribution in [3.05, 3.63) is 30.0 Å². The average molecular weight is 443 g/mol. The lowest BCUT2D eigenvalue weighted by molar-refractivity contribution is -0.0801. The van der Waals surface area contributed by atoms with E-state index >= 15 is 0 Å². The Morgan fingerprint density at radius 2 is 2.00 bits per heavy atom. The number of aromatic nitrogens is 2. The van der Waals surface area contributed by atoms with Crippen LogP contribution in [0.15, 0.2) is 18.6 Å². The predicted octanol–water partition coefficient (Wildman–Crippen LogP) is 4.80. The standard InChI is InChI=1S/C24H34N4O2S/c1-23-11-5-13-27(31(4,29)30)15-17(23)6-7-18-19-8-9-21(24(19,2)12-10-20(18)23)28-16-26-14-22(28)25-3/h9,14,16-20H,5-8,10-13,15H2,1-2,4H3/t17?,18-,19-,20-,23-,24-/m0/s1. The van der Waals surface area contributed by atoms with E-state index < -0.39 is 10.0 Å². The molecule has 0 N–H and O–H groups in total. The van der Waals surface area contributed by atoms with Crippen LogP contribution in [0.4, 0.5) is 5.82 Å². The van der Waals surface area contributed by atoms with E-state index in [0.29, 0.717) is 42.6 Å². The highest BCUT2D eigenvalue weighted by molar-refractivity contribution is 7.88. The molecule has 5 rings (SSSR count). The van der Waals surface area contributed by atoms with Gasteiger partial charge in [0, 0.05) is 18.5 Å². The second-order valence-electron chi connectivity index (χ2n) is 10.9. The smallest absolute Gasteiger partial charge is 0.254 e. The van der Waals surface area contributed by atoms with Crippen molar-refractivity contribution >= 4 is 21.5 Å². The van der Waals surface area contributed by atoms with Crippen LogP contribution in [0.3, 0.4) is 0 Å². The van der Waals surface area contributed by atoms with E-state index in [-0.39, 0.29) is 10.8 Å². The normalized spacial score (nSPS) is 40.8. The molecule has 3 aliphatic carbocycles. The lowest BCUT2D eigenvalue weighted by Gasteiger charge is -2.58. The summed E-state index contributed by atoms with van der Waals surface area (Å²) in [5.41, 5.74) is 1.59. The summed E-state index contributed by atoms with van der Waals surface area (Å²) in [4.78, 5) is 7.93. The van der Waals surface area contributed by atoms with Crippen molar-refractivity contribution in [2.45, 2.75) is 58.8 Å². The molecule has 6 nitrogen and oxygen atoms in total. The molecule has 2 saturated carbocycles. The van der Waals surface area contributed by atoms with Crippen LogP contribution in [0.2, 0.25) is 0 Å². The van der Waals surface area contributed by atoms with E-state index in [4.69, 9.17) is 6.57 Å². The Balaban J connectivity index is 1.43. The Bertz CT molecular complexity index is 1050. The molecule has 168 valence electrons. The van der Waals surface area contributed by atoms with E-state index in [1.54, 1.807) is 10.5 Å². The Kier molecular flexibility index (Phi) is 4.91. The molecule has 6 atom stereocenters. The van der Waals surface area contributed by atoms with Gasteiger partial charge in [-0.1, -0.05) is 20.4 Å². The number of hydrogen-bond acceptors (Lipinski definition) is 3. The molecule has 3 fully saturated rings. The fraction of sp³-hybridized carbons (Fsp3) is 0.750. The van der Waals surface area contributed by atoms with Crippen molar-refractivity contribution in [3.8, 4) is 0 Å². The predicted molar refractivity (Wildman–Crippen MR) is 122 cm³/mol. The minimum Gasteiger partial charge on any atom is -0.362 e. The molecule has 0 radical (unpaired) electrons.